The molecule has 5 N–H and O–H groups in total. The number of aliphatic carboxylic acids is 1. The van der Waals surface area contributed by atoms with E-state index in [-0.39, 0.29) is 5.96 Å². The molecule has 0 amide bonds. The molecular weight excluding hydrogens is 228 g/mol. The molecular formula is C9H14N4O2S. The van der Waals surface area contributed by atoms with E-state index in [4.69, 9.17) is 21.4 Å². The van der Waals surface area contributed by atoms with E-state index in [0.717, 1.165) is 11.8 Å². The Morgan fingerprint density at radius 2 is 2.12 bits per heavy atom. The van der Waals surface area contributed by atoms with Crippen molar-refractivity contribution >= 4 is 29.5 Å². The molecule has 0 aliphatic heterocycles. The molecule has 0 atom stereocenters. The fourth-order valence-corrected chi connectivity index (χ4v) is 1.45. The van der Waals surface area contributed by atoms with Crippen molar-refractivity contribution in [2.24, 2.45) is 21.7 Å². The summed E-state index contributed by atoms with van der Waals surface area (Å²) in [5.74, 6) is -0.861. The number of rotatable bonds is 2. The highest BCUT2D eigenvalue weighted by Crippen LogP contribution is 2.12. The van der Waals surface area contributed by atoms with Gasteiger partial charge in [-0.3, -0.25) is 4.79 Å². The predicted molar refractivity (Wildman–Crippen MR) is 65.8 cm³/mol. The Morgan fingerprint density at radius 1 is 1.56 bits per heavy atom. The van der Waals surface area contributed by atoms with Gasteiger partial charge in [0.05, 0.1) is 11.1 Å². The number of hydrogen-bond acceptors (Lipinski definition) is 4. The average molecular weight is 242 g/mol. The molecule has 0 aliphatic carbocycles. The molecule has 1 heterocycles. The van der Waals surface area contributed by atoms with Gasteiger partial charge in [0.25, 0.3) is 5.97 Å². The number of carboxylic acid groups (broad SMARTS) is 1. The maximum absolute atomic E-state index is 9.00. The summed E-state index contributed by atoms with van der Waals surface area (Å²) in [4.78, 5) is 10.1. The molecule has 0 fully saturated rings. The van der Waals surface area contributed by atoms with Gasteiger partial charge in [0.1, 0.15) is 0 Å². The summed E-state index contributed by atoms with van der Waals surface area (Å²) in [6.07, 6.45) is 1.64. The second-order valence-electron chi connectivity index (χ2n) is 2.76. The van der Waals surface area contributed by atoms with Crippen molar-refractivity contribution in [3.8, 4) is 0 Å². The van der Waals surface area contributed by atoms with Crippen molar-refractivity contribution in [1.29, 1.82) is 0 Å². The SMILES string of the molecule is CC(=O)O.Cc1ccsc1C=NN=C(N)N. The van der Waals surface area contributed by atoms with Crippen LogP contribution >= 0.6 is 11.3 Å². The molecule has 0 bridgehead atoms. The summed E-state index contributed by atoms with van der Waals surface area (Å²) in [6, 6.07) is 2.02. The average Bonchev–Trinajstić information content (AvgIpc) is 2.50. The first kappa shape index (κ1) is 14.1. The van der Waals surface area contributed by atoms with Crippen molar-refractivity contribution in [2.45, 2.75) is 13.8 Å². The van der Waals surface area contributed by atoms with E-state index in [0.29, 0.717) is 0 Å². The van der Waals surface area contributed by atoms with Crippen LogP contribution in [0.15, 0.2) is 21.6 Å². The van der Waals surface area contributed by atoms with Crippen molar-refractivity contribution in [2.75, 3.05) is 0 Å². The van der Waals surface area contributed by atoms with Crippen molar-refractivity contribution < 1.29 is 9.90 Å². The molecule has 0 aromatic carbocycles. The highest BCUT2D eigenvalue weighted by molar-refractivity contribution is 7.11. The fourth-order valence-electron chi connectivity index (χ4n) is 0.665. The van der Waals surface area contributed by atoms with Crippen molar-refractivity contribution in [3.63, 3.8) is 0 Å². The maximum Gasteiger partial charge on any atom is 0.300 e. The molecule has 0 spiro atoms. The molecule has 0 radical (unpaired) electrons. The number of aryl methyl sites for hydroxylation is 1. The van der Waals surface area contributed by atoms with Crippen LogP contribution in [-0.2, 0) is 4.79 Å². The highest BCUT2D eigenvalue weighted by Gasteiger charge is 1.93. The third-order valence-corrected chi connectivity index (χ3v) is 2.20. The van der Waals surface area contributed by atoms with E-state index in [9.17, 15) is 0 Å². The quantitative estimate of drug-likeness (QED) is 0.403. The van der Waals surface area contributed by atoms with Crippen LogP contribution in [0.2, 0.25) is 0 Å². The van der Waals surface area contributed by atoms with Crippen LogP contribution in [0.5, 0.6) is 0 Å². The van der Waals surface area contributed by atoms with Crippen molar-refractivity contribution in [3.05, 3.63) is 21.9 Å². The van der Waals surface area contributed by atoms with Crippen LogP contribution in [0.1, 0.15) is 17.4 Å². The van der Waals surface area contributed by atoms with Gasteiger partial charge in [0.15, 0.2) is 0 Å². The predicted octanol–water partition coefficient (Wildman–Crippen LogP) is 0.755. The van der Waals surface area contributed by atoms with Crippen LogP contribution in [0, 0.1) is 6.92 Å². The second-order valence-corrected chi connectivity index (χ2v) is 3.70. The molecule has 1 rings (SSSR count). The second kappa shape index (κ2) is 7.41. The first-order chi connectivity index (χ1) is 7.43. The number of carbonyl (C=O) groups is 1. The number of hydrogen-bond donors (Lipinski definition) is 3. The molecule has 0 saturated heterocycles. The molecule has 1 aromatic heterocycles. The third kappa shape index (κ3) is 7.51. The van der Waals surface area contributed by atoms with Crippen LogP contribution in [-0.4, -0.2) is 23.2 Å². The lowest BCUT2D eigenvalue weighted by Gasteiger charge is -1.86. The number of thiophene rings is 1. The fraction of sp³-hybridized carbons (Fsp3) is 0.222. The topological polar surface area (TPSA) is 114 Å². The number of nitrogens with two attached hydrogens (primary N) is 2. The third-order valence-electron chi connectivity index (χ3n) is 1.25. The minimum atomic E-state index is -0.833. The van der Waals surface area contributed by atoms with Gasteiger partial charge in [-0.25, -0.2) is 0 Å². The zero-order valence-electron chi connectivity index (χ0n) is 9.04. The van der Waals surface area contributed by atoms with Crippen molar-refractivity contribution in [1.82, 2.24) is 0 Å². The standard InChI is InChI=1S/C7H10N4S.C2H4O2/c1-5-2-3-12-6(5)4-10-11-7(8)9;1-2(3)4/h2-4H,1H3,(H4,8,9,11);1H3,(H,3,4). The molecule has 0 aliphatic rings. The molecule has 1 aromatic rings. The van der Waals surface area contributed by atoms with Crippen LogP contribution in [0.4, 0.5) is 0 Å². The van der Waals surface area contributed by atoms with Gasteiger partial charge < -0.3 is 16.6 Å². The minimum Gasteiger partial charge on any atom is -0.481 e. The van der Waals surface area contributed by atoms with Gasteiger partial charge in [0.2, 0.25) is 5.96 Å². The monoisotopic (exact) mass is 242 g/mol. The Morgan fingerprint density at radius 3 is 2.50 bits per heavy atom. The van der Waals surface area contributed by atoms with E-state index in [1.54, 1.807) is 17.6 Å². The van der Waals surface area contributed by atoms with Crippen LogP contribution < -0.4 is 11.5 Å². The lowest BCUT2D eigenvalue weighted by molar-refractivity contribution is -0.134. The van der Waals surface area contributed by atoms with Crippen LogP contribution in [0.3, 0.4) is 0 Å². The van der Waals surface area contributed by atoms with Crippen LogP contribution in [0.25, 0.3) is 0 Å². The van der Waals surface area contributed by atoms with E-state index >= 15 is 0 Å². The summed E-state index contributed by atoms with van der Waals surface area (Å²) >= 11 is 1.60. The summed E-state index contributed by atoms with van der Waals surface area (Å²) < 4.78 is 0. The molecule has 0 saturated carbocycles. The molecule has 16 heavy (non-hydrogen) atoms. The Labute approximate surface area is 97.3 Å². The number of nitrogens with zero attached hydrogens (tertiary/aromatic N) is 2. The lowest BCUT2D eigenvalue weighted by atomic mass is 10.3. The molecule has 7 heteroatoms. The number of carboxylic acids is 1. The normalized spacial score (nSPS) is 9.38. The Bertz CT molecular complexity index is 390. The first-order valence-electron chi connectivity index (χ1n) is 4.29. The molecule has 6 nitrogen and oxygen atoms in total. The lowest BCUT2D eigenvalue weighted by Crippen LogP contribution is -2.21. The Kier molecular flexibility index (Phi) is 6.53. The first-order valence-corrected chi connectivity index (χ1v) is 5.17. The molecule has 0 unspecified atom stereocenters. The zero-order valence-corrected chi connectivity index (χ0v) is 9.86. The number of guanidine groups is 1. The van der Waals surface area contributed by atoms with E-state index < -0.39 is 5.97 Å². The Balaban J connectivity index is 0.000000487. The smallest absolute Gasteiger partial charge is 0.300 e. The summed E-state index contributed by atoms with van der Waals surface area (Å²) in [6.45, 7) is 3.09. The summed E-state index contributed by atoms with van der Waals surface area (Å²) in [5.41, 5.74) is 11.4. The van der Waals surface area contributed by atoms with Gasteiger partial charge in [-0.15, -0.1) is 16.4 Å². The summed E-state index contributed by atoms with van der Waals surface area (Å²) in [7, 11) is 0. The van der Waals surface area contributed by atoms with E-state index in [1.807, 2.05) is 18.4 Å². The van der Waals surface area contributed by atoms with Gasteiger partial charge in [0, 0.05) is 6.92 Å². The van der Waals surface area contributed by atoms with E-state index in [2.05, 4.69) is 10.2 Å². The largest absolute Gasteiger partial charge is 0.481 e. The highest BCUT2D eigenvalue weighted by atomic mass is 32.1. The Hall–Kier alpha value is -1.89. The van der Waals surface area contributed by atoms with Gasteiger partial charge >= 0.3 is 0 Å². The van der Waals surface area contributed by atoms with Gasteiger partial charge in [-0.1, -0.05) is 0 Å². The zero-order chi connectivity index (χ0) is 12.6. The van der Waals surface area contributed by atoms with Gasteiger partial charge in [-0.05, 0) is 23.9 Å². The van der Waals surface area contributed by atoms with E-state index in [1.165, 1.54) is 5.56 Å². The maximum atomic E-state index is 9.00. The summed E-state index contributed by atoms with van der Waals surface area (Å²) in [5, 5.41) is 16.6. The van der Waals surface area contributed by atoms with Gasteiger partial charge in [-0.2, -0.15) is 5.10 Å². The molecule has 88 valence electrons. The minimum absolute atomic E-state index is 0.0274.